The smallest absolute Gasteiger partial charge is 0.240 e. The van der Waals surface area contributed by atoms with Crippen LogP contribution in [-0.2, 0) is 14.4 Å². The van der Waals surface area contributed by atoms with Gasteiger partial charge in [-0.15, -0.1) is 0 Å². The normalized spacial score (nSPS) is 16.7. The lowest BCUT2D eigenvalue weighted by molar-refractivity contribution is -0.132. The first-order chi connectivity index (χ1) is 22.7. The number of carbonyl (C=O) groups is 3. The Bertz CT molecular complexity index is 1790. The Hall–Kier alpha value is -4.91. The second-order valence-electron chi connectivity index (χ2n) is 11.1. The Morgan fingerprint density at radius 1 is 0.979 bits per heavy atom. The summed E-state index contributed by atoms with van der Waals surface area (Å²) in [4.78, 5) is 41.2. The fourth-order valence-electron chi connectivity index (χ4n) is 5.37. The van der Waals surface area contributed by atoms with Gasteiger partial charge >= 0.3 is 0 Å². The average Bonchev–Trinajstić information content (AvgIpc) is 3.83. The number of nitrogens with two attached hydrogens (primary N) is 1. The van der Waals surface area contributed by atoms with Crippen molar-refractivity contribution in [3.05, 3.63) is 84.1 Å². The summed E-state index contributed by atoms with van der Waals surface area (Å²) >= 11 is 3.93. The Labute approximate surface area is 275 Å². The number of primary amides is 1. The van der Waals surface area contributed by atoms with Crippen LogP contribution >= 0.6 is 12.6 Å². The van der Waals surface area contributed by atoms with Crippen molar-refractivity contribution in [3.8, 4) is 23.0 Å². The quantitative estimate of drug-likeness (QED) is 0.0747. The number of rotatable bonds is 15. The zero-order valence-electron chi connectivity index (χ0n) is 25.6. The number of pyridine rings is 1. The van der Waals surface area contributed by atoms with Crippen LogP contribution in [-0.4, -0.2) is 48.7 Å². The lowest BCUT2D eigenvalue weighted by atomic mass is 9.96. The van der Waals surface area contributed by atoms with E-state index in [-0.39, 0.29) is 23.8 Å². The first-order valence-electron chi connectivity index (χ1n) is 15.0. The molecular weight excluding hydrogens is 630 g/mol. The van der Waals surface area contributed by atoms with Gasteiger partial charge in [-0.3, -0.25) is 19.4 Å². The third kappa shape index (κ3) is 7.57. The minimum absolute atomic E-state index is 0.0767. The van der Waals surface area contributed by atoms with Crippen molar-refractivity contribution >= 4 is 46.9 Å². The number of ether oxygens (including phenoxy) is 3. The van der Waals surface area contributed by atoms with Crippen molar-refractivity contribution in [2.45, 2.75) is 31.6 Å². The second-order valence-corrected chi connectivity index (χ2v) is 11.4. The van der Waals surface area contributed by atoms with Crippen molar-refractivity contribution in [3.63, 3.8) is 0 Å². The third-order valence-corrected chi connectivity index (χ3v) is 8.30. The summed E-state index contributed by atoms with van der Waals surface area (Å²) in [6, 6.07) is 14.4. The number of thiol groups is 1. The number of fused-ring (bicyclic) bond motifs is 1. The van der Waals surface area contributed by atoms with E-state index >= 15 is 4.39 Å². The maximum Gasteiger partial charge on any atom is 0.240 e. The number of nitrogens with one attached hydrogen (secondary N) is 2. The van der Waals surface area contributed by atoms with Crippen molar-refractivity contribution in [1.29, 1.82) is 0 Å². The van der Waals surface area contributed by atoms with E-state index in [0.717, 1.165) is 19.3 Å². The standard InChI is InChI=1S/C34H34F2N4O6S/c1-44-29-16-23-26(17-30(29)45-14-4-2-3-12-39-31(41)19-47)38-13-11-27(23)46-28-10-5-20(15-25(28)36)24-18-34(24,32(37)42)33(43)40-22-8-6-21(35)7-9-22/h5-11,13,15-17,24,47H,2-4,12,14,18-19H2,1H3,(H2,37,42)(H,39,41)(H,40,43). The van der Waals surface area contributed by atoms with Crippen LogP contribution in [0.5, 0.6) is 23.0 Å². The Morgan fingerprint density at radius 3 is 2.47 bits per heavy atom. The van der Waals surface area contributed by atoms with E-state index in [1.807, 2.05) is 0 Å². The number of halogens is 2. The molecule has 1 fully saturated rings. The van der Waals surface area contributed by atoms with Crippen molar-refractivity contribution in [2.75, 3.05) is 31.3 Å². The third-order valence-electron chi connectivity index (χ3n) is 8.02. The minimum atomic E-state index is -1.56. The summed E-state index contributed by atoms with van der Waals surface area (Å²) in [5, 5.41) is 5.94. The molecule has 47 heavy (non-hydrogen) atoms. The van der Waals surface area contributed by atoms with Gasteiger partial charge in [-0.1, -0.05) is 6.07 Å². The molecule has 3 amide bonds. The highest BCUT2D eigenvalue weighted by Crippen LogP contribution is 2.60. The molecule has 1 aromatic heterocycles. The highest BCUT2D eigenvalue weighted by atomic mass is 32.1. The van der Waals surface area contributed by atoms with E-state index in [9.17, 15) is 18.8 Å². The Kier molecular flexibility index (Phi) is 10.4. The van der Waals surface area contributed by atoms with E-state index in [4.69, 9.17) is 19.9 Å². The zero-order chi connectivity index (χ0) is 33.6. The molecule has 0 radical (unpaired) electrons. The largest absolute Gasteiger partial charge is 0.493 e. The van der Waals surface area contributed by atoms with Crippen molar-refractivity contribution in [2.24, 2.45) is 11.1 Å². The SMILES string of the molecule is COc1cc2c(Oc3ccc(C4CC4(C(N)=O)C(=O)Nc4ccc(F)cc4)cc3F)ccnc2cc1OCCCCCNC(=O)CS. The Morgan fingerprint density at radius 2 is 1.77 bits per heavy atom. The number of aromatic nitrogens is 1. The van der Waals surface area contributed by atoms with Gasteiger partial charge in [-0.25, -0.2) is 8.78 Å². The van der Waals surface area contributed by atoms with Crippen LogP contribution in [0.25, 0.3) is 10.9 Å². The van der Waals surface area contributed by atoms with Gasteiger partial charge in [-0.2, -0.15) is 12.6 Å². The fraction of sp³-hybridized carbons (Fsp3) is 0.294. The second kappa shape index (κ2) is 14.7. The number of hydrogen-bond donors (Lipinski definition) is 4. The topological polar surface area (TPSA) is 142 Å². The summed E-state index contributed by atoms with van der Waals surface area (Å²) in [6.45, 7) is 1.02. The fourth-order valence-corrected chi connectivity index (χ4v) is 5.48. The molecule has 1 aliphatic rings. The first-order valence-corrected chi connectivity index (χ1v) is 15.6. The van der Waals surface area contributed by atoms with Gasteiger partial charge in [0.2, 0.25) is 17.7 Å². The van der Waals surface area contributed by atoms with Crippen LogP contribution < -0.4 is 30.6 Å². The number of hydrogen-bond acceptors (Lipinski definition) is 8. The van der Waals surface area contributed by atoms with E-state index in [1.165, 1.54) is 49.7 Å². The molecule has 10 nitrogen and oxygen atoms in total. The van der Waals surface area contributed by atoms with Gasteiger partial charge in [0.15, 0.2) is 23.1 Å². The van der Waals surface area contributed by atoms with Crippen LogP contribution in [0.15, 0.2) is 66.9 Å². The number of benzene rings is 3. The summed E-state index contributed by atoms with van der Waals surface area (Å²) < 4.78 is 46.1. The van der Waals surface area contributed by atoms with Gasteiger partial charge in [0.05, 0.1) is 25.0 Å². The monoisotopic (exact) mass is 664 g/mol. The molecular formula is C34H34F2N4O6S. The molecule has 5 rings (SSSR count). The minimum Gasteiger partial charge on any atom is -0.493 e. The number of nitrogens with zero attached hydrogens (tertiary/aromatic N) is 1. The van der Waals surface area contributed by atoms with Gasteiger partial charge in [-0.05, 0) is 79.8 Å². The maximum absolute atomic E-state index is 15.4. The first kappa shape index (κ1) is 33.5. The predicted molar refractivity (Wildman–Crippen MR) is 175 cm³/mol. The summed E-state index contributed by atoms with van der Waals surface area (Å²) in [5.74, 6) is -2.04. The van der Waals surface area contributed by atoms with Gasteiger partial charge in [0, 0.05) is 35.8 Å². The number of anilines is 1. The van der Waals surface area contributed by atoms with E-state index in [2.05, 4.69) is 28.2 Å². The van der Waals surface area contributed by atoms with Crippen LogP contribution in [0.1, 0.15) is 37.2 Å². The molecule has 13 heteroatoms. The molecule has 1 saturated carbocycles. The summed E-state index contributed by atoms with van der Waals surface area (Å²) in [5.41, 5.74) is 5.34. The van der Waals surface area contributed by atoms with Gasteiger partial charge < -0.3 is 30.6 Å². The molecule has 1 aliphatic carbocycles. The highest BCUT2D eigenvalue weighted by molar-refractivity contribution is 7.81. The molecule has 246 valence electrons. The van der Waals surface area contributed by atoms with Gasteiger partial charge in [0.25, 0.3) is 0 Å². The molecule has 0 bridgehead atoms. The molecule has 4 N–H and O–H groups in total. The highest BCUT2D eigenvalue weighted by Gasteiger charge is 2.65. The number of carbonyl (C=O) groups excluding carboxylic acids is 3. The molecule has 3 aromatic carbocycles. The number of amides is 3. The van der Waals surface area contributed by atoms with E-state index in [0.29, 0.717) is 52.6 Å². The molecule has 0 aliphatic heterocycles. The van der Waals surface area contributed by atoms with Crippen LogP contribution in [0.4, 0.5) is 14.5 Å². The average molecular weight is 665 g/mol. The zero-order valence-corrected chi connectivity index (χ0v) is 26.4. The van der Waals surface area contributed by atoms with E-state index < -0.39 is 34.8 Å². The lowest BCUT2D eigenvalue weighted by Crippen LogP contribution is -2.37. The lowest BCUT2D eigenvalue weighted by Gasteiger charge is -2.16. The molecule has 1 heterocycles. The van der Waals surface area contributed by atoms with Crippen molar-refractivity contribution in [1.82, 2.24) is 10.3 Å². The van der Waals surface area contributed by atoms with Gasteiger partial charge in [0.1, 0.15) is 17.0 Å². The Balaban J connectivity index is 1.26. The number of unbranched alkanes of at least 4 members (excludes halogenated alkanes) is 2. The molecule has 0 spiro atoms. The summed E-state index contributed by atoms with van der Waals surface area (Å²) in [7, 11) is 1.51. The number of methoxy groups -OCH3 is 1. The maximum atomic E-state index is 15.4. The van der Waals surface area contributed by atoms with Crippen LogP contribution in [0, 0.1) is 17.0 Å². The summed E-state index contributed by atoms with van der Waals surface area (Å²) in [6.07, 6.45) is 4.07. The van der Waals surface area contributed by atoms with Crippen molar-refractivity contribution < 1.29 is 37.4 Å². The predicted octanol–water partition coefficient (Wildman–Crippen LogP) is 5.51. The molecule has 0 saturated heterocycles. The van der Waals surface area contributed by atoms with Crippen LogP contribution in [0.3, 0.4) is 0 Å². The molecule has 2 unspecified atom stereocenters. The molecule has 2 atom stereocenters. The van der Waals surface area contributed by atoms with E-state index in [1.54, 1.807) is 24.3 Å². The molecule has 4 aromatic rings. The van der Waals surface area contributed by atoms with Crippen LogP contribution in [0.2, 0.25) is 0 Å².